The molecule has 1 aliphatic rings. The zero-order valence-electron chi connectivity index (χ0n) is 23.7. The zero-order valence-corrected chi connectivity index (χ0v) is 23.7. The van der Waals surface area contributed by atoms with Crippen LogP contribution in [0.15, 0.2) is 72.8 Å². The number of likely N-dealkylation sites (N-methyl/N-ethyl adjacent to an activating group) is 1. The van der Waals surface area contributed by atoms with Crippen molar-refractivity contribution in [2.24, 2.45) is 0 Å². The molecule has 0 radical (unpaired) electrons. The molecule has 3 aromatic carbocycles. The van der Waals surface area contributed by atoms with Crippen molar-refractivity contribution in [3.05, 3.63) is 95.1 Å². The summed E-state index contributed by atoms with van der Waals surface area (Å²) in [5.74, 6) is -2.26. The van der Waals surface area contributed by atoms with Crippen molar-refractivity contribution in [3.8, 4) is 0 Å². The maximum atomic E-state index is 13.2. The second-order valence-corrected chi connectivity index (χ2v) is 10.8. The third-order valence-corrected chi connectivity index (χ3v) is 7.51. The summed E-state index contributed by atoms with van der Waals surface area (Å²) in [6.07, 6.45) is 1.07. The molecule has 5 N–H and O–H groups in total. The number of rotatable bonds is 11. The van der Waals surface area contributed by atoms with Crippen LogP contribution in [0.4, 0.5) is 16.2 Å². The Labute approximate surface area is 244 Å². The third-order valence-electron chi connectivity index (χ3n) is 7.51. The molecule has 42 heavy (non-hydrogen) atoms. The number of urea groups is 1. The van der Waals surface area contributed by atoms with E-state index < -0.39 is 24.0 Å². The summed E-state index contributed by atoms with van der Waals surface area (Å²) in [4.78, 5) is 50.2. The minimum atomic E-state index is -1.12. The second-order valence-electron chi connectivity index (χ2n) is 10.8. The van der Waals surface area contributed by atoms with E-state index in [2.05, 4.69) is 16.0 Å². The summed E-state index contributed by atoms with van der Waals surface area (Å²) in [6.45, 7) is 2.61. The van der Waals surface area contributed by atoms with Gasteiger partial charge >= 0.3 is 18.0 Å². The van der Waals surface area contributed by atoms with E-state index in [1.165, 1.54) is 0 Å². The molecular formula is C32H36N4O6. The molecule has 0 aliphatic carbocycles. The van der Waals surface area contributed by atoms with Crippen LogP contribution in [-0.2, 0) is 27.2 Å². The summed E-state index contributed by atoms with van der Waals surface area (Å²) in [6, 6.07) is 20.2. The van der Waals surface area contributed by atoms with Gasteiger partial charge in [0.25, 0.3) is 0 Å². The Morgan fingerprint density at radius 2 is 1.43 bits per heavy atom. The lowest BCUT2D eigenvalue weighted by Crippen LogP contribution is -2.49. The molecule has 1 fully saturated rings. The molecule has 0 spiro atoms. The molecule has 0 bridgehead atoms. The van der Waals surface area contributed by atoms with Crippen LogP contribution in [0.3, 0.4) is 0 Å². The highest BCUT2D eigenvalue weighted by molar-refractivity contribution is 5.99. The monoisotopic (exact) mass is 572 g/mol. The molecule has 3 atom stereocenters. The Morgan fingerprint density at radius 3 is 2.00 bits per heavy atom. The number of aliphatic carboxylic acids is 2. The first-order chi connectivity index (χ1) is 20.1. The molecular weight excluding hydrogens is 536 g/mol. The van der Waals surface area contributed by atoms with Gasteiger partial charge in [0, 0.05) is 30.8 Å². The van der Waals surface area contributed by atoms with E-state index in [0.717, 1.165) is 22.3 Å². The number of carbonyl (C=O) groups is 4. The van der Waals surface area contributed by atoms with Gasteiger partial charge in [-0.15, -0.1) is 0 Å². The number of likely N-dealkylation sites (tertiary alicyclic amines) is 1. The van der Waals surface area contributed by atoms with Gasteiger partial charge in [0.2, 0.25) is 5.91 Å². The summed E-state index contributed by atoms with van der Waals surface area (Å²) in [7, 11) is 1.85. The van der Waals surface area contributed by atoms with Gasteiger partial charge in [0.1, 0.15) is 6.04 Å². The molecule has 3 amide bonds. The maximum absolute atomic E-state index is 13.2. The van der Waals surface area contributed by atoms with Crippen molar-refractivity contribution in [2.45, 2.75) is 50.6 Å². The smallest absolute Gasteiger partial charge is 0.326 e. The van der Waals surface area contributed by atoms with Gasteiger partial charge in [0.15, 0.2) is 0 Å². The topological polar surface area (TPSA) is 148 Å². The van der Waals surface area contributed by atoms with Gasteiger partial charge in [-0.05, 0) is 73.7 Å². The minimum absolute atomic E-state index is 0.0236. The number of nitrogens with zero attached hydrogens (tertiary/aromatic N) is 1. The number of carboxylic acid groups (broad SMARTS) is 2. The number of aryl methyl sites for hydroxylation is 2. The largest absolute Gasteiger partial charge is 0.481 e. The first-order valence-electron chi connectivity index (χ1n) is 13.8. The average molecular weight is 573 g/mol. The molecule has 1 saturated heterocycles. The molecule has 220 valence electrons. The summed E-state index contributed by atoms with van der Waals surface area (Å²) in [5.41, 5.74) is 5.06. The van der Waals surface area contributed by atoms with Crippen molar-refractivity contribution in [1.29, 1.82) is 0 Å². The molecule has 3 unspecified atom stereocenters. The van der Waals surface area contributed by atoms with Crippen molar-refractivity contribution in [2.75, 3.05) is 24.2 Å². The first-order valence-corrected chi connectivity index (χ1v) is 13.8. The van der Waals surface area contributed by atoms with E-state index in [-0.39, 0.29) is 30.7 Å². The van der Waals surface area contributed by atoms with Crippen molar-refractivity contribution in [1.82, 2.24) is 10.2 Å². The fourth-order valence-corrected chi connectivity index (χ4v) is 5.11. The molecule has 10 nitrogen and oxygen atoms in total. The lowest BCUT2D eigenvalue weighted by atomic mass is 9.95. The molecule has 0 aromatic heterocycles. The quantitative estimate of drug-likeness (QED) is 0.231. The number of hydrogen-bond acceptors (Lipinski definition) is 5. The van der Waals surface area contributed by atoms with Crippen molar-refractivity contribution >= 4 is 35.3 Å². The standard InChI is InChI=1S/C32H36N4O6/c1-20-3-12-25(13-4-20)33-32(42)34-26-14-10-23(11-15-26)24-18-28(36(2)19-24)30(39)35-27(31(40)41)17-22-7-5-21(6-8-22)9-16-29(37)38/h3-8,10-15,24,27-28H,9,16-19H2,1-2H3,(H,35,39)(H,37,38)(H,40,41)(H2,33,34,42). The van der Waals surface area contributed by atoms with E-state index in [4.69, 9.17) is 5.11 Å². The van der Waals surface area contributed by atoms with Crippen molar-refractivity contribution < 1.29 is 29.4 Å². The Bertz CT molecular complexity index is 1410. The number of nitrogens with one attached hydrogen (secondary N) is 3. The van der Waals surface area contributed by atoms with E-state index in [0.29, 0.717) is 30.8 Å². The van der Waals surface area contributed by atoms with Crippen LogP contribution in [0, 0.1) is 6.92 Å². The SMILES string of the molecule is Cc1ccc(NC(=O)Nc2ccc(C3CC(C(=O)NC(Cc4ccc(CCC(=O)O)cc4)C(=O)O)N(C)C3)cc2)cc1. The molecule has 0 saturated carbocycles. The van der Waals surface area contributed by atoms with E-state index in [9.17, 15) is 24.3 Å². The number of anilines is 2. The summed E-state index contributed by atoms with van der Waals surface area (Å²) < 4.78 is 0. The van der Waals surface area contributed by atoms with E-state index in [1.807, 2.05) is 67.4 Å². The Balaban J connectivity index is 1.30. The number of hydrogen-bond donors (Lipinski definition) is 5. The molecule has 4 rings (SSSR count). The Morgan fingerprint density at radius 1 is 0.857 bits per heavy atom. The van der Waals surface area contributed by atoms with Crippen LogP contribution >= 0.6 is 0 Å². The van der Waals surface area contributed by atoms with Crippen LogP contribution < -0.4 is 16.0 Å². The first kappa shape index (κ1) is 30.3. The third kappa shape index (κ3) is 8.40. The predicted molar refractivity (Wildman–Crippen MR) is 160 cm³/mol. The van der Waals surface area contributed by atoms with Gasteiger partial charge in [-0.3, -0.25) is 14.5 Å². The second kappa shape index (κ2) is 13.8. The number of benzene rings is 3. The highest BCUT2D eigenvalue weighted by Crippen LogP contribution is 2.31. The van der Waals surface area contributed by atoms with E-state index >= 15 is 0 Å². The van der Waals surface area contributed by atoms with Crippen LogP contribution in [0.5, 0.6) is 0 Å². The predicted octanol–water partition coefficient (Wildman–Crippen LogP) is 4.26. The Hall–Kier alpha value is -4.70. The lowest BCUT2D eigenvalue weighted by molar-refractivity contribution is -0.142. The van der Waals surface area contributed by atoms with Gasteiger partial charge < -0.3 is 26.2 Å². The van der Waals surface area contributed by atoms with Crippen LogP contribution in [0.1, 0.15) is 41.0 Å². The highest BCUT2D eigenvalue weighted by atomic mass is 16.4. The van der Waals surface area contributed by atoms with Gasteiger partial charge in [-0.1, -0.05) is 54.1 Å². The van der Waals surface area contributed by atoms with Crippen molar-refractivity contribution in [3.63, 3.8) is 0 Å². The van der Waals surface area contributed by atoms with Gasteiger partial charge in [-0.25, -0.2) is 9.59 Å². The van der Waals surface area contributed by atoms with Crippen LogP contribution in [0.2, 0.25) is 0 Å². The average Bonchev–Trinajstić information content (AvgIpc) is 3.35. The fraction of sp³-hybridized carbons (Fsp3) is 0.312. The molecule has 1 heterocycles. The summed E-state index contributed by atoms with van der Waals surface area (Å²) in [5, 5.41) is 26.9. The number of carboxylic acids is 2. The molecule has 3 aromatic rings. The summed E-state index contributed by atoms with van der Waals surface area (Å²) >= 11 is 0. The van der Waals surface area contributed by atoms with Gasteiger partial charge in [0.05, 0.1) is 6.04 Å². The fourth-order valence-electron chi connectivity index (χ4n) is 5.11. The molecule has 1 aliphatic heterocycles. The normalized spacial score (nSPS) is 17.3. The molecule has 10 heteroatoms. The highest BCUT2D eigenvalue weighted by Gasteiger charge is 2.36. The lowest BCUT2D eigenvalue weighted by Gasteiger charge is -2.22. The number of amides is 3. The van der Waals surface area contributed by atoms with Crippen LogP contribution in [-0.4, -0.2) is 64.7 Å². The zero-order chi connectivity index (χ0) is 30.2. The number of carbonyl (C=O) groups excluding carboxylic acids is 2. The van der Waals surface area contributed by atoms with Gasteiger partial charge in [-0.2, -0.15) is 0 Å². The minimum Gasteiger partial charge on any atom is -0.481 e. The van der Waals surface area contributed by atoms with Crippen LogP contribution in [0.25, 0.3) is 0 Å². The Kier molecular flexibility index (Phi) is 9.93. The van der Waals surface area contributed by atoms with E-state index in [1.54, 1.807) is 24.3 Å². The maximum Gasteiger partial charge on any atom is 0.326 e.